The Morgan fingerprint density at radius 3 is 2.48 bits per heavy atom. The van der Waals surface area contributed by atoms with E-state index in [2.05, 4.69) is 15.6 Å². The second-order valence-electron chi connectivity index (χ2n) is 10.5. The molecular formula is C30H44ClN5O8. The third-order valence-corrected chi connectivity index (χ3v) is 7.42. The molecule has 244 valence electrons. The van der Waals surface area contributed by atoms with Gasteiger partial charge in [-0.25, -0.2) is 14.7 Å². The van der Waals surface area contributed by atoms with Crippen molar-refractivity contribution in [3.8, 4) is 0 Å². The molecule has 1 atom stereocenters. The number of nitrogens with one attached hydrogen (secondary N) is 2. The number of hydroxylamine groups is 2. The quantitative estimate of drug-likeness (QED) is 0.217. The second-order valence-corrected chi connectivity index (χ2v) is 11.0. The van der Waals surface area contributed by atoms with Crippen molar-refractivity contribution in [1.29, 1.82) is 0 Å². The highest BCUT2D eigenvalue weighted by molar-refractivity contribution is 6.40. The van der Waals surface area contributed by atoms with Crippen LogP contribution in [0.4, 0.5) is 9.59 Å². The third-order valence-electron chi connectivity index (χ3n) is 7.19. The Kier molecular flexibility index (Phi) is 16.2. The monoisotopic (exact) mass is 637 g/mol. The largest absolute Gasteiger partial charge is 0.448 e. The first-order valence-corrected chi connectivity index (χ1v) is 15.2. The van der Waals surface area contributed by atoms with E-state index in [9.17, 15) is 24.0 Å². The fraction of sp³-hybridized carbons (Fsp3) is 0.600. The molecule has 0 spiro atoms. The molecular weight excluding hydrogens is 594 g/mol. The molecule has 1 aliphatic rings. The molecule has 0 saturated heterocycles. The normalized spacial score (nSPS) is 14.2. The lowest BCUT2D eigenvalue weighted by Crippen LogP contribution is -2.49. The number of likely N-dealkylation sites (N-methyl/N-ethyl adjacent to an activating group) is 2. The minimum absolute atomic E-state index is 0.00597. The van der Waals surface area contributed by atoms with Gasteiger partial charge in [0.05, 0.1) is 13.7 Å². The van der Waals surface area contributed by atoms with Gasteiger partial charge in [0.1, 0.15) is 25.0 Å². The summed E-state index contributed by atoms with van der Waals surface area (Å²) in [5, 5.41) is 6.61. The number of carbonyl (C=O) groups excluding carboxylic acids is 5. The van der Waals surface area contributed by atoms with Gasteiger partial charge in [0, 0.05) is 32.1 Å². The van der Waals surface area contributed by atoms with Crippen LogP contribution >= 0.6 is 11.6 Å². The van der Waals surface area contributed by atoms with Gasteiger partial charge in [0.2, 0.25) is 5.91 Å². The number of alkyl carbamates (subject to hydrolysis) is 1. The average Bonchev–Trinajstić information content (AvgIpc) is 3.01. The van der Waals surface area contributed by atoms with Crippen LogP contribution in [0.3, 0.4) is 0 Å². The lowest BCUT2D eigenvalue weighted by molar-refractivity contribution is -0.171. The van der Waals surface area contributed by atoms with E-state index in [0.717, 1.165) is 37.2 Å². The van der Waals surface area contributed by atoms with Gasteiger partial charge in [0.15, 0.2) is 0 Å². The minimum Gasteiger partial charge on any atom is -0.448 e. The van der Waals surface area contributed by atoms with E-state index in [1.54, 1.807) is 38.2 Å². The van der Waals surface area contributed by atoms with Crippen LogP contribution in [0.2, 0.25) is 5.02 Å². The molecule has 1 aromatic rings. The third kappa shape index (κ3) is 13.3. The van der Waals surface area contributed by atoms with E-state index in [0.29, 0.717) is 17.1 Å². The first-order chi connectivity index (χ1) is 21.0. The summed E-state index contributed by atoms with van der Waals surface area (Å²) in [5.74, 6) is -1.45. The maximum absolute atomic E-state index is 13.5. The van der Waals surface area contributed by atoms with Crippen molar-refractivity contribution in [2.75, 3.05) is 40.9 Å². The molecule has 14 heteroatoms. The van der Waals surface area contributed by atoms with Gasteiger partial charge in [-0.3, -0.25) is 19.2 Å². The summed E-state index contributed by atoms with van der Waals surface area (Å²) in [6.07, 6.45) is 3.51. The highest BCUT2D eigenvalue weighted by atomic mass is 35.5. The summed E-state index contributed by atoms with van der Waals surface area (Å²) in [5.41, 5.74) is 0.620. The number of halogens is 1. The number of hydrogen-bond acceptors (Lipinski definition) is 8. The van der Waals surface area contributed by atoms with E-state index in [4.69, 9.17) is 25.9 Å². The van der Waals surface area contributed by atoms with Gasteiger partial charge in [-0.1, -0.05) is 55.8 Å². The molecule has 0 aromatic heterocycles. The lowest BCUT2D eigenvalue weighted by atomic mass is 9.85. The number of amides is 5. The fourth-order valence-electron chi connectivity index (χ4n) is 4.63. The van der Waals surface area contributed by atoms with Crippen molar-refractivity contribution in [3.63, 3.8) is 0 Å². The SMILES string of the molecule is CCNC(=O)OCCN(C)C(=O)CC[C@H](NC(=O)C(CC1CCCCC1)=NC(=O)OCc1cccc(Cl)c1)C(=O)N(C)OC. The molecule has 0 unspecified atom stereocenters. The summed E-state index contributed by atoms with van der Waals surface area (Å²) in [4.78, 5) is 73.9. The smallest absolute Gasteiger partial charge is 0.434 e. The zero-order chi connectivity index (χ0) is 32.5. The number of carbonyl (C=O) groups is 5. The van der Waals surface area contributed by atoms with Gasteiger partial charge in [-0.15, -0.1) is 0 Å². The second kappa shape index (κ2) is 19.5. The Hall–Kier alpha value is -3.71. The van der Waals surface area contributed by atoms with Crippen molar-refractivity contribution >= 4 is 47.2 Å². The van der Waals surface area contributed by atoms with E-state index in [1.165, 1.54) is 19.1 Å². The minimum atomic E-state index is -1.14. The number of benzene rings is 1. The van der Waals surface area contributed by atoms with Crippen molar-refractivity contribution in [2.45, 2.75) is 70.9 Å². The maximum atomic E-state index is 13.5. The Labute approximate surface area is 263 Å². The molecule has 0 radical (unpaired) electrons. The molecule has 13 nitrogen and oxygen atoms in total. The van der Waals surface area contributed by atoms with Crippen LogP contribution in [0.15, 0.2) is 29.3 Å². The molecule has 5 amide bonds. The highest BCUT2D eigenvalue weighted by Gasteiger charge is 2.29. The van der Waals surface area contributed by atoms with Crippen LogP contribution < -0.4 is 10.6 Å². The first-order valence-electron chi connectivity index (χ1n) is 14.8. The molecule has 2 N–H and O–H groups in total. The molecule has 1 fully saturated rings. The molecule has 0 bridgehead atoms. The van der Waals surface area contributed by atoms with Gasteiger partial charge in [0.25, 0.3) is 11.8 Å². The van der Waals surface area contributed by atoms with Gasteiger partial charge >= 0.3 is 12.2 Å². The molecule has 1 aromatic carbocycles. The van der Waals surface area contributed by atoms with Crippen LogP contribution in [-0.2, 0) is 35.3 Å². The topological polar surface area (TPSA) is 156 Å². The molecule has 0 heterocycles. The summed E-state index contributed by atoms with van der Waals surface area (Å²) < 4.78 is 10.3. The summed E-state index contributed by atoms with van der Waals surface area (Å²) in [6.45, 7) is 2.24. The van der Waals surface area contributed by atoms with Gasteiger partial charge in [-0.2, -0.15) is 4.99 Å². The van der Waals surface area contributed by atoms with E-state index in [1.807, 2.05) is 0 Å². The van der Waals surface area contributed by atoms with Gasteiger partial charge in [-0.05, 0) is 43.4 Å². The van der Waals surface area contributed by atoms with Crippen LogP contribution in [0, 0.1) is 5.92 Å². The molecule has 2 rings (SSSR count). The van der Waals surface area contributed by atoms with Crippen LogP contribution in [0.25, 0.3) is 0 Å². The zero-order valence-electron chi connectivity index (χ0n) is 25.9. The van der Waals surface area contributed by atoms with Crippen molar-refractivity contribution in [1.82, 2.24) is 20.6 Å². The Morgan fingerprint density at radius 2 is 1.82 bits per heavy atom. The summed E-state index contributed by atoms with van der Waals surface area (Å²) in [7, 11) is 4.23. The first kappa shape index (κ1) is 36.5. The summed E-state index contributed by atoms with van der Waals surface area (Å²) in [6, 6.07) is 5.69. The Bertz CT molecular complexity index is 1160. The van der Waals surface area contributed by atoms with Crippen molar-refractivity contribution in [2.24, 2.45) is 10.9 Å². The number of rotatable bonds is 15. The van der Waals surface area contributed by atoms with Gasteiger partial charge < -0.3 is 25.0 Å². The standard InChI is InChI=1S/C30H44ClN5O8/c1-5-32-29(40)43-17-16-35(2)26(37)15-14-24(28(39)36(3)42-4)33-27(38)25(19-21-10-7-6-8-11-21)34-30(41)44-20-22-12-9-13-23(31)18-22/h9,12-13,18,21,24H,5-8,10-11,14-17,19-20H2,1-4H3,(H,32,40)(H,33,38)/t24-/m0/s1. The number of nitrogens with zero attached hydrogens (tertiary/aromatic N) is 3. The average molecular weight is 638 g/mol. The lowest BCUT2D eigenvalue weighted by Gasteiger charge is -2.25. The zero-order valence-corrected chi connectivity index (χ0v) is 26.7. The van der Waals surface area contributed by atoms with E-state index in [-0.39, 0.29) is 56.6 Å². The van der Waals surface area contributed by atoms with Crippen LogP contribution in [0.5, 0.6) is 0 Å². The van der Waals surface area contributed by atoms with Crippen LogP contribution in [-0.4, -0.2) is 92.5 Å². The van der Waals surface area contributed by atoms with Crippen molar-refractivity contribution < 1.29 is 38.3 Å². The van der Waals surface area contributed by atoms with E-state index >= 15 is 0 Å². The summed E-state index contributed by atoms with van der Waals surface area (Å²) >= 11 is 6.00. The van der Waals surface area contributed by atoms with Crippen LogP contribution in [0.1, 0.15) is 63.9 Å². The Balaban J connectivity index is 2.12. The predicted octanol–water partition coefficient (Wildman–Crippen LogP) is 3.88. The molecule has 1 saturated carbocycles. The fourth-order valence-corrected chi connectivity index (χ4v) is 4.84. The predicted molar refractivity (Wildman–Crippen MR) is 164 cm³/mol. The number of hydrogen-bond donors (Lipinski definition) is 2. The number of ether oxygens (including phenoxy) is 2. The highest BCUT2D eigenvalue weighted by Crippen LogP contribution is 2.27. The molecule has 44 heavy (non-hydrogen) atoms. The van der Waals surface area contributed by atoms with Crippen molar-refractivity contribution in [3.05, 3.63) is 34.9 Å². The number of aliphatic imine (C=N–C) groups is 1. The Morgan fingerprint density at radius 1 is 1.09 bits per heavy atom. The van der Waals surface area contributed by atoms with E-state index < -0.39 is 30.0 Å². The molecule has 1 aliphatic carbocycles. The maximum Gasteiger partial charge on any atom is 0.434 e. The molecule has 0 aliphatic heterocycles.